The largest absolute Gasteiger partial charge is 0.413 e. The van der Waals surface area contributed by atoms with Crippen molar-refractivity contribution in [2.24, 2.45) is 0 Å². The van der Waals surface area contributed by atoms with Crippen molar-refractivity contribution in [3.63, 3.8) is 0 Å². The Hall–Kier alpha value is -1.25. The first-order chi connectivity index (χ1) is 6.36. The predicted octanol–water partition coefficient (Wildman–Crippen LogP) is 1.84. The molecule has 0 spiro atoms. The highest BCUT2D eigenvalue weighted by Crippen LogP contribution is 1.96. The summed E-state index contributed by atoms with van der Waals surface area (Å²) in [6, 6.07) is 0. The Morgan fingerprint density at radius 1 is 1.69 bits per heavy atom. The zero-order chi connectivity index (χ0) is 9.52. The second-order valence-electron chi connectivity index (χ2n) is 2.90. The van der Waals surface area contributed by atoms with Crippen molar-refractivity contribution in [3.05, 3.63) is 30.9 Å². The summed E-state index contributed by atoms with van der Waals surface area (Å²) in [7, 11) is 0. The molecule has 0 bridgehead atoms. The van der Waals surface area contributed by atoms with Gasteiger partial charge in [0, 0.05) is 6.42 Å². The number of nitrogens with zero attached hydrogens (tertiary/aromatic N) is 2. The van der Waals surface area contributed by atoms with Crippen LogP contribution in [0.4, 0.5) is 0 Å². The first-order valence-electron chi connectivity index (χ1n) is 4.64. The lowest BCUT2D eigenvalue weighted by Crippen LogP contribution is -2.10. The molecule has 1 rings (SSSR count). The maximum absolute atomic E-state index is 5.39. The van der Waals surface area contributed by atoms with Crippen LogP contribution in [-0.4, -0.2) is 16.3 Å². The molecule has 1 heterocycles. The molecule has 0 unspecified atom stereocenters. The molecule has 0 radical (unpaired) electrons. The summed E-state index contributed by atoms with van der Waals surface area (Å²) < 4.78 is 1.66. The van der Waals surface area contributed by atoms with Gasteiger partial charge in [0.2, 0.25) is 0 Å². The molecule has 0 aliphatic rings. The van der Waals surface area contributed by atoms with Crippen molar-refractivity contribution in [1.82, 2.24) is 9.71 Å². The molecule has 3 nitrogen and oxygen atoms in total. The van der Waals surface area contributed by atoms with Gasteiger partial charge < -0.3 is 4.84 Å². The van der Waals surface area contributed by atoms with Crippen LogP contribution in [0.25, 0.3) is 0 Å². The zero-order valence-electron chi connectivity index (χ0n) is 8.07. The van der Waals surface area contributed by atoms with E-state index in [1.54, 1.807) is 11.1 Å². The topological polar surface area (TPSA) is 27.1 Å². The Kier molecular flexibility index (Phi) is 4.09. The van der Waals surface area contributed by atoms with Crippen LogP contribution in [0.2, 0.25) is 0 Å². The van der Waals surface area contributed by atoms with Crippen molar-refractivity contribution < 1.29 is 4.84 Å². The number of unbranched alkanes of at least 4 members (excludes halogenated alkanes) is 1. The van der Waals surface area contributed by atoms with Gasteiger partial charge >= 0.3 is 0 Å². The predicted molar refractivity (Wildman–Crippen MR) is 52.5 cm³/mol. The minimum atomic E-state index is 0.750. The third kappa shape index (κ3) is 3.32. The number of rotatable bonds is 6. The lowest BCUT2D eigenvalue weighted by Gasteiger charge is -2.03. The molecule has 1 aromatic rings. The highest BCUT2D eigenvalue weighted by atomic mass is 16.7. The summed E-state index contributed by atoms with van der Waals surface area (Å²) >= 11 is 0. The van der Waals surface area contributed by atoms with E-state index in [-0.39, 0.29) is 0 Å². The van der Waals surface area contributed by atoms with Gasteiger partial charge in [-0.05, 0) is 6.42 Å². The third-order valence-corrected chi connectivity index (χ3v) is 1.71. The Morgan fingerprint density at radius 2 is 2.54 bits per heavy atom. The fourth-order valence-electron chi connectivity index (χ4n) is 0.983. The van der Waals surface area contributed by atoms with E-state index < -0.39 is 0 Å². The average Bonchev–Trinajstić information content (AvgIpc) is 2.54. The first-order valence-corrected chi connectivity index (χ1v) is 4.64. The van der Waals surface area contributed by atoms with Crippen LogP contribution in [0.1, 0.15) is 25.5 Å². The highest BCUT2D eigenvalue weighted by Gasteiger charge is 1.95. The van der Waals surface area contributed by atoms with Crippen LogP contribution in [0.15, 0.2) is 25.2 Å². The Labute approximate surface area is 79.0 Å². The van der Waals surface area contributed by atoms with E-state index in [2.05, 4.69) is 18.5 Å². The number of hydrogen-bond acceptors (Lipinski definition) is 2. The van der Waals surface area contributed by atoms with Gasteiger partial charge in [-0.2, -0.15) is 4.73 Å². The summed E-state index contributed by atoms with van der Waals surface area (Å²) in [5, 5.41) is 0. The van der Waals surface area contributed by atoms with E-state index in [1.807, 2.05) is 12.3 Å². The van der Waals surface area contributed by atoms with Crippen LogP contribution in [0, 0.1) is 0 Å². The van der Waals surface area contributed by atoms with Gasteiger partial charge in [0.1, 0.15) is 12.9 Å². The van der Waals surface area contributed by atoms with E-state index in [0.29, 0.717) is 0 Å². The van der Waals surface area contributed by atoms with Crippen molar-refractivity contribution in [2.75, 3.05) is 6.61 Å². The molecular formula is C10H16N2O. The lowest BCUT2D eigenvalue weighted by atomic mass is 10.3. The van der Waals surface area contributed by atoms with Crippen LogP contribution >= 0.6 is 0 Å². The van der Waals surface area contributed by atoms with Crippen LogP contribution in [0.3, 0.4) is 0 Å². The molecule has 0 fully saturated rings. The molecule has 0 saturated carbocycles. The minimum Gasteiger partial charge on any atom is -0.413 e. The van der Waals surface area contributed by atoms with Gasteiger partial charge in [-0.3, -0.25) is 0 Å². The fourth-order valence-corrected chi connectivity index (χ4v) is 0.983. The maximum atomic E-state index is 5.39. The molecule has 0 amide bonds. The number of imidazole rings is 1. The van der Waals surface area contributed by atoms with Gasteiger partial charge in [0.15, 0.2) is 0 Å². The van der Waals surface area contributed by atoms with Gasteiger partial charge in [-0.25, -0.2) is 4.98 Å². The molecule has 0 saturated heterocycles. The van der Waals surface area contributed by atoms with E-state index in [9.17, 15) is 0 Å². The Balaban J connectivity index is 2.35. The third-order valence-electron chi connectivity index (χ3n) is 1.71. The molecule has 13 heavy (non-hydrogen) atoms. The van der Waals surface area contributed by atoms with Crippen LogP contribution < -0.4 is 4.84 Å². The second kappa shape index (κ2) is 5.41. The monoisotopic (exact) mass is 180 g/mol. The fraction of sp³-hybridized carbons (Fsp3) is 0.500. The van der Waals surface area contributed by atoms with Crippen molar-refractivity contribution in [1.29, 1.82) is 0 Å². The van der Waals surface area contributed by atoms with Gasteiger partial charge in [-0.15, -0.1) is 6.58 Å². The molecule has 0 aliphatic carbocycles. The van der Waals surface area contributed by atoms with Crippen molar-refractivity contribution in [2.45, 2.75) is 26.2 Å². The van der Waals surface area contributed by atoms with Crippen molar-refractivity contribution in [3.8, 4) is 0 Å². The molecule has 0 aromatic carbocycles. The molecule has 3 heteroatoms. The maximum Gasteiger partial charge on any atom is 0.132 e. The lowest BCUT2D eigenvalue weighted by molar-refractivity contribution is 0.107. The Morgan fingerprint density at radius 3 is 3.23 bits per heavy atom. The smallest absolute Gasteiger partial charge is 0.132 e. The standard InChI is InChI=1S/C10H16N2O/c1-3-5-7-13-12-8-10(6-4-2)11-9-12/h4,8-9H,2-3,5-7H2,1H3. The number of allylic oxidation sites excluding steroid dienone is 1. The summed E-state index contributed by atoms with van der Waals surface area (Å²) in [6.45, 7) is 6.54. The first kappa shape index (κ1) is 9.84. The quantitative estimate of drug-likeness (QED) is 0.493. The van der Waals surface area contributed by atoms with Crippen molar-refractivity contribution >= 4 is 0 Å². The molecular weight excluding hydrogens is 164 g/mol. The second-order valence-corrected chi connectivity index (χ2v) is 2.90. The van der Waals surface area contributed by atoms with Gasteiger partial charge in [0.25, 0.3) is 0 Å². The Bertz CT molecular complexity index is 255. The molecule has 0 N–H and O–H groups in total. The number of aromatic nitrogens is 2. The molecule has 72 valence electrons. The number of hydrogen-bond donors (Lipinski definition) is 0. The minimum absolute atomic E-state index is 0.750. The SMILES string of the molecule is C=CCc1cn(OCCCC)cn1. The summed E-state index contributed by atoms with van der Waals surface area (Å²) in [4.78, 5) is 9.54. The van der Waals surface area contributed by atoms with E-state index in [4.69, 9.17) is 4.84 Å². The average molecular weight is 180 g/mol. The molecule has 0 atom stereocenters. The summed E-state index contributed by atoms with van der Waals surface area (Å²) in [5.41, 5.74) is 0.992. The van der Waals surface area contributed by atoms with E-state index in [1.165, 1.54) is 0 Å². The van der Waals surface area contributed by atoms with Gasteiger partial charge in [-0.1, -0.05) is 19.4 Å². The normalized spacial score (nSPS) is 9.92. The van der Waals surface area contributed by atoms with E-state index >= 15 is 0 Å². The van der Waals surface area contributed by atoms with Gasteiger partial charge in [0.05, 0.1) is 11.9 Å². The summed E-state index contributed by atoms with van der Waals surface area (Å²) in [6.07, 6.45) is 8.43. The van der Waals surface area contributed by atoms with Crippen LogP contribution in [-0.2, 0) is 6.42 Å². The molecule has 0 aliphatic heterocycles. The highest BCUT2D eigenvalue weighted by molar-refractivity contribution is 5.00. The zero-order valence-corrected chi connectivity index (χ0v) is 8.07. The summed E-state index contributed by atoms with van der Waals surface area (Å²) in [5.74, 6) is 0. The van der Waals surface area contributed by atoms with E-state index in [0.717, 1.165) is 31.6 Å². The van der Waals surface area contributed by atoms with Crippen LogP contribution in [0.5, 0.6) is 0 Å². The molecule has 1 aromatic heterocycles.